The number of rotatable bonds is 8. The molecule has 6 nitrogen and oxygen atoms in total. The standard InChI is InChI=1S/C24H28N4O2S/c1-3-28-22(15-30-21-14-13-18-9-7-8-12-20(18)17(21)2)26-27-24(28)31-16-23(29)25-19-10-5-4-6-11-19/h4-6,10-11,13-14H,3,7-9,12,15-16H2,1-2H3,(H,25,29). The zero-order valence-electron chi connectivity index (χ0n) is 18.1. The number of benzene rings is 2. The largest absolute Gasteiger partial charge is 0.485 e. The first kappa shape index (κ1) is 21.4. The Kier molecular flexibility index (Phi) is 6.92. The van der Waals surface area contributed by atoms with Crippen LogP contribution in [0, 0.1) is 6.92 Å². The predicted octanol–water partition coefficient (Wildman–Crippen LogP) is 4.80. The molecule has 162 valence electrons. The van der Waals surface area contributed by atoms with Gasteiger partial charge in [-0.2, -0.15) is 0 Å². The highest BCUT2D eigenvalue weighted by Crippen LogP contribution is 2.31. The molecular weight excluding hydrogens is 408 g/mol. The molecule has 31 heavy (non-hydrogen) atoms. The van der Waals surface area contributed by atoms with Crippen LogP contribution >= 0.6 is 11.8 Å². The summed E-state index contributed by atoms with van der Waals surface area (Å²) in [6.45, 7) is 5.27. The Morgan fingerprint density at radius 1 is 1.13 bits per heavy atom. The summed E-state index contributed by atoms with van der Waals surface area (Å²) in [4.78, 5) is 12.2. The van der Waals surface area contributed by atoms with Crippen LogP contribution in [0.5, 0.6) is 5.75 Å². The lowest BCUT2D eigenvalue weighted by Crippen LogP contribution is -2.15. The van der Waals surface area contributed by atoms with E-state index in [-0.39, 0.29) is 11.7 Å². The molecule has 0 saturated carbocycles. The second kappa shape index (κ2) is 10.0. The number of nitrogens with one attached hydrogen (secondary N) is 1. The molecule has 2 aromatic carbocycles. The Hall–Kier alpha value is -2.80. The molecule has 0 atom stereocenters. The van der Waals surface area contributed by atoms with Gasteiger partial charge in [0.1, 0.15) is 12.4 Å². The molecule has 1 aromatic heterocycles. The summed E-state index contributed by atoms with van der Waals surface area (Å²) in [7, 11) is 0. The smallest absolute Gasteiger partial charge is 0.234 e. The van der Waals surface area contributed by atoms with Crippen molar-refractivity contribution in [2.24, 2.45) is 0 Å². The Bertz CT molecular complexity index is 1050. The lowest BCUT2D eigenvalue weighted by Gasteiger charge is -2.20. The number of ether oxygens (including phenoxy) is 1. The predicted molar refractivity (Wildman–Crippen MR) is 124 cm³/mol. The number of aryl methyl sites for hydroxylation is 1. The van der Waals surface area contributed by atoms with Gasteiger partial charge in [0.15, 0.2) is 11.0 Å². The summed E-state index contributed by atoms with van der Waals surface area (Å²) in [5, 5.41) is 12.2. The van der Waals surface area contributed by atoms with E-state index in [4.69, 9.17) is 4.74 Å². The van der Waals surface area contributed by atoms with Crippen molar-refractivity contribution in [1.82, 2.24) is 14.8 Å². The van der Waals surface area contributed by atoms with Crippen LogP contribution in [0.25, 0.3) is 0 Å². The molecule has 0 bridgehead atoms. The minimum atomic E-state index is -0.0654. The number of amides is 1. The van der Waals surface area contributed by atoms with Crippen molar-refractivity contribution < 1.29 is 9.53 Å². The molecule has 0 aliphatic heterocycles. The normalized spacial score (nSPS) is 13.0. The number of thioether (sulfide) groups is 1. The minimum Gasteiger partial charge on any atom is -0.485 e. The third-order valence-corrected chi connectivity index (χ3v) is 6.59. The van der Waals surface area contributed by atoms with E-state index < -0.39 is 0 Å². The van der Waals surface area contributed by atoms with Crippen LogP contribution in [0.1, 0.15) is 42.3 Å². The molecular formula is C24H28N4O2S. The summed E-state index contributed by atoms with van der Waals surface area (Å²) in [5.41, 5.74) is 4.94. The number of anilines is 1. The third kappa shape index (κ3) is 5.10. The van der Waals surface area contributed by atoms with Gasteiger partial charge in [-0.1, -0.05) is 36.0 Å². The maximum Gasteiger partial charge on any atom is 0.234 e. The molecule has 1 heterocycles. The van der Waals surface area contributed by atoms with Gasteiger partial charge in [-0.25, -0.2) is 0 Å². The number of para-hydroxylation sites is 1. The van der Waals surface area contributed by atoms with Gasteiger partial charge in [-0.05, 0) is 74.4 Å². The van der Waals surface area contributed by atoms with E-state index in [9.17, 15) is 4.79 Å². The second-order valence-electron chi connectivity index (χ2n) is 7.67. The van der Waals surface area contributed by atoms with Crippen LogP contribution in [-0.4, -0.2) is 26.4 Å². The number of carbonyl (C=O) groups excluding carboxylic acids is 1. The summed E-state index contributed by atoms with van der Waals surface area (Å²) >= 11 is 1.38. The maximum atomic E-state index is 12.2. The topological polar surface area (TPSA) is 69.0 Å². The molecule has 0 saturated heterocycles. The molecule has 1 aliphatic carbocycles. The van der Waals surface area contributed by atoms with Crippen LogP contribution in [0.4, 0.5) is 5.69 Å². The number of fused-ring (bicyclic) bond motifs is 1. The lowest BCUT2D eigenvalue weighted by atomic mass is 9.88. The lowest BCUT2D eigenvalue weighted by molar-refractivity contribution is -0.113. The molecule has 4 rings (SSSR count). The van der Waals surface area contributed by atoms with Crippen LogP contribution in [0.3, 0.4) is 0 Å². The van der Waals surface area contributed by atoms with Crippen molar-refractivity contribution in [2.45, 2.75) is 57.8 Å². The fourth-order valence-corrected chi connectivity index (χ4v) is 4.81. The molecule has 0 radical (unpaired) electrons. The van der Waals surface area contributed by atoms with Crippen LogP contribution in [0.15, 0.2) is 47.6 Å². The molecule has 1 amide bonds. The van der Waals surface area contributed by atoms with Gasteiger partial charge < -0.3 is 14.6 Å². The fourth-order valence-electron chi connectivity index (χ4n) is 3.99. The van der Waals surface area contributed by atoms with Gasteiger partial charge in [0.05, 0.1) is 5.75 Å². The van der Waals surface area contributed by atoms with Gasteiger partial charge in [0.25, 0.3) is 0 Å². The van der Waals surface area contributed by atoms with Gasteiger partial charge in [-0.3, -0.25) is 4.79 Å². The van der Waals surface area contributed by atoms with E-state index in [0.717, 1.165) is 35.4 Å². The first-order chi connectivity index (χ1) is 15.2. The Labute approximate surface area is 187 Å². The first-order valence-electron chi connectivity index (χ1n) is 10.8. The van der Waals surface area contributed by atoms with Gasteiger partial charge >= 0.3 is 0 Å². The SMILES string of the molecule is CCn1c(COc2ccc3c(c2C)CCCC3)nnc1SCC(=O)Nc1ccccc1. The Balaban J connectivity index is 1.37. The minimum absolute atomic E-state index is 0.0654. The summed E-state index contributed by atoms with van der Waals surface area (Å²) in [6.07, 6.45) is 4.82. The summed E-state index contributed by atoms with van der Waals surface area (Å²) in [6, 6.07) is 13.7. The average Bonchev–Trinajstić information content (AvgIpc) is 3.20. The Morgan fingerprint density at radius 2 is 1.94 bits per heavy atom. The average molecular weight is 437 g/mol. The monoisotopic (exact) mass is 436 g/mol. The highest BCUT2D eigenvalue weighted by Gasteiger charge is 2.17. The zero-order chi connectivity index (χ0) is 21.6. The van der Waals surface area contributed by atoms with E-state index >= 15 is 0 Å². The van der Waals surface area contributed by atoms with Gasteiger partial charge in [0, 0.05) is 12.2 Å². The Morgan fingerprint density at radius 3 is 2.74 bits per heavy atom. The van der Waals surface area contributed by atoms with Crippen molar-refractivity contribution >= 4 is 23.4 Å². The quantitative estimate of drug-likeness (QED) is 0.514. The molecule has 0 fully saturated rings. The zero-order valence-corrected chi connectivity index (χ0v) is 18.9. The van der Waals surface area contributed by atoms with Gasteiger partial charge in [0.2, 0.25) is 5.91 Å². The highest BCUT2D eigenvalue weighted by molar-refractivity contribution is 7.99. The maximum absolute atomic E-state index is 12.2. The number of hydrogen-bond acceptors (Lipinski definition) is 5. The van der Waals surface area contributed by atoms with Crippen molar-refractivity contribution in [1.29, 1.82) is 0 Å². The molecule has 1 N–H and O–H groups in total. The molecule has 7 heteroatoms. The van der Waals surface area contributed by atoms with E-state index in [1.165, 1.54) is 47.7 Å². The molecule has 0 spiro atoms. The number of carbonyl (C=O) groups is 1. The van der Waals surface area contributed by atoms with E-state index in [0.29, 0.717) is 6.61 Å². The number of nitrogens with zero attached hydrogens (tertiary/aromatic N) is 3. The molecule has 1 aliphatic rings. The van der Waals surface area contributed by atoms with Crippen LogP contribution in [0.2, 0.25) is 0 Å². The van der Waals surface area contributed by atoms with E-state index in [2.05, 4.69) is 34.6 Å². The number of hydrogen-bond donors (Lipinski definition) is 1. The highest BCUT2D eigenvalue weighted by atomic mass is 32.2. The third-order valence-electron chi connectivity index (χ3n) is 5.63. The van der Waals surface area contributed by atoms with E-state index in [1.54, 1.807) is 0 Å². The van der Waals surface area contributed by atoms with Crippen LogP contribution < -0.4 is 10.1 Å². The second-order valence-corrected chi connectivity index (χ2v) is 8.61. The summed E-state index contributed by atoms with van der Waals surface area (Å²) < 4.78 is 8.15. The molecule has 3 aromatic rings. The van der Waals surface area contributed by atoms with Crippen LogP contribution in [-0.2, 0) is 30.8 Å². The van der Waals surface area contributed by atoms with Crippen molar-refractivity contribution in [3.63, 3.8) is 0 Å². The van der Waals surface area contributed by atoms with Gasteiger partial charge in [-0.15, -0.1) is 10.2 Å². The summed E-state index contributed by atoms with van der Waals surface area (Å²) in [5.74, 6) is 1.90. The molecule has 0 unspecified atom stereocenters. The first-order valence-corrected chi connectivity index (χ1v) is 11.8. The van der Waals surface area contributed by atoms with Crippen molar-refractivity contribution in [2.75, 3.05) is 11.1 Å². The van der Waals surface area contributed by atoms with Crippen molar-refractivity contribution in [3.8, 4) is 5.75 Å². The number of aromatic nitrogens is 3. The van der Waals surface area contributed by atoms with Crippen molar-refractivity contribution in [3.05, 3.63) is 65.0 Å². The van der Waals surface area contributed by atoms with E-state index in [1.807, 2.05) is 41.8 Å². The fraction of sp³-hybridized carbons (Fsp3) is 0.375.